The molecule has 1 aliphatic rings. The largest absolute Gasteiger partial charge is 0.491 e. The predicted octanol–water partition coefficient (Wildman–Crippen LogP) is 2.99. The van der Waals surface area contributed by atoms with Gasteiger partial charge in [0.25, 0.3) is 0 Å². The topological polar surface area (TPSA) is 58.6 Å². The molecule has 1 atom stereocenters. The zero-order chi connectivity index (χ0) is 15.5. The fourth-order valence-corrected chi connectivity index (χ4v) is 2.74. The van der Waals surface area contributed by atoms with Crippen LogP contribution in [0.1, 0.15) is 29.2 Å². The van der Waals surface area contributed by atoms with Gasteiger partial charge in [0, 0.05) is 17.7 Å². The molecule has 1 aliphatic heterocycles. The summed E-state index contributed by atoms with van der Waals surface area (Å²) in [5, 5.41) is 13.4. The van der Waals surface area contributed by atoms with Crippen molar-refractivity contribution in [2.45, 2.75) is 25.9 Å². The lowest BCUT2D eigenvalue weighted by Gasteiger charge is -2.24. The Hall–Kier alpha value is -2.33. The molecule has 2 N–H and O–H groups in total. The van der Waals surface area contributed by atoms with Crippen LogP contribution >= 0.6 is 0 Å². The second kappa shape index (κ2) is 6.20. The number of hydrogen-bond donors (Lipinski definition) is 2. The molecule has 4 heteroatoms. The third kappa shape index (κ3) is 3.12. The van der Waals surface area contributed by atoms with Crippen LogP contribution in [0.25, 0.3) is 0 Å². The Morgan fingerprint density at radius 3 is 2.77 bits per heavy atom. The van der Waals surface area contributed by atoms with E-state index in [9.17, 15) is 9.90 Å². The second-order valence-electron chi connectivity index (χ2n) is 5.58. The van der Waals surface area contributed by atoms with Gasteiger partial charge in [-0.3, -0.25) is 4.79 Å². The molecular weight excluding hydrogens is 278 g/mol. The minimum atomic E-state index is -0.785. The van der Waals surface area contributed by atoms with Gasteiger partial charge in [-0.05, 0) is 31.0 Å². The minimum absolute atomic E-state index is 0.00576. The Kier molecular flexibility index (Phi) is 4.11. The van der Waals surface area contributed by atoms with E-state index in [1.807, 2.05) is 43.3 Å². The number of nitrogens with one attached hydrogen (secondary N) is 1. The Morgan fingerprint density at radius 2 is 2.00 bits per heavy atom. The average molecular weight is 297 g/mol. The number of anilines is 1. The molecule has 3 rings (SSSR count). The van der Waals surface area contributed by atoms with E-state index in [1.165, 1.54) is 0 Å². The molecular formula is C18H19NO3. The van der Waals surface area contributed by atoms with E-state index < -0.39 is 6.10 Å². The van der Waals surface area contributed by atoms with Crippen LogP contribution in [0.4, 0.5) is 5.69 Å². The molecule has 0 aromatic heterocycles. The number of para-hydroxylation sites is 1. The molecule has 114 valence electrons. The summed E-state index contributed by atoms with van der Waals surface area (Å²) in [7, 11) is 0. The van der Waals surface area contributed by atoms with Gasteiger partial charge in [0.2, 0.25) is 5.91 Å². The molecule has 0 saturated carbocycles. The lowest BCUT2D eigenvalue weighted by atomic mass is 9.94. The highest BCUT2D eigenvalue weighted by atomic mass is 16.5. The van der Waals surface area contributed by atoms with Crippen molar-refractivity contribution in [2.24, 2.45) is 0 Å². The number of benzene rings is 2. The van der Waals surface area contributed by atoms with Gasteiger partial charge in [0.15, 0.2) is 0 Å². The van der Waals surface area contributed by atoms with Crippen LogP contribution in [0.5, 0.6) is 5.75 Å². The van der Waals surface area contributed by atoms with E-state index >= 15 is 0 Å². The van der Waals surface area contributed by atoms with Crippen molar-refractivity contribution in [3.05, 3.63) is 59.2 Å². The monoisotopic (exact) mass is 297 g/mol. The van der Waals surface area contributed by atoms with Crippen molar-refractivity contribution in [2.75, 3.05) is 11.9 Å². The van der Waals surface area contributed by atoms with Crippen molar-refractivity contribution >= 4 is 11.6 Å². The molecule has 2 aromatic carbocycles. The number of fused-ring (bicyclic) bond motifs is 1. The maximum absolute atomic E-state index is 11.6. The first kappa shape index (κ1) is 14.6. The molecule has 0 fully saturated rings. The highest BCUT2D eigenvalue weighted by Crippen LogP contribution is 2.32. The molecule has 1 amide bonds. The molecule has 0 spiro atoms. The van der Waals surface area contributed by atoms with E-state index in [4.69, 9.17) is 4.74 Å². The lowest BCUT2D eigenvalue weighted by Crippen LogP contribution is -2.22. The summed E-state index contributed by atoms with van der Waals surface area (Å²) in [5.74, 6) is 0.709. The van der Waals surface area contributed by atoms with E-state index in [0.29, 0.717) is 18.6 Å². The first-order valence-corrected chi connectivity index (χ1v) is 7.42. The standard InChI is InChI=1S/C18H19NO3/c1-12-9-13-7-8-17(21)19-18(13)15(10-12)16(20)11-22-14-5-3-2-4-6-14/h2-6,9-10,16,20H,7-8,11H2,1H3,(H,19,21). The Balaban J connectivity index is 1.81. The lowest BCUT2D eigenvalue weighted by molar-refractivity contribution is -0.116. The maximum Gasteiger partial charge on any atom is 0.224 e. The molecule has 2 aromatic rings. The maximum atomic E-state index is 11.6. The summed E-state index contributed by atoms with van der Waals surface area (Å²) in [5.41, 5.74) is 3.61. The van der Waals surface area contributed by atoms with Gasteiger partial charge >= 0.3 is 0 Å². The average Bonchev–Trinajstić information content (AvgIpc) is 2.53. The van der Waals surface area contributed by atoms with Crippen LogP contribution in [0.15, 0.2) is 42.5 Å². The van der Waals surface area contributed by atoms with Crippen LogP contribution in [-0.4, -0.2) is 17.6 Å². The zero-order valence-corrected chi connectivity index (χ0v) is 12.5. The normalized spacial score (nSPS) is 14.9. The third-order valence-corrected chi connectivity index (χ3v) is 3.79. The number of ether oxygens (including phenoxy) is 1. The van der Waals surface area contributed by atoms with E-state index in [2.05, 4.69) is 11.4 Å². The third-order valence-electron chi connectivity index (χ3n) is 3.79. The molecule has 4 nitrogen and oxygen atoms in total. The number of carbonyl (C=O) groups is 1. The predicted molar refractivity (Wildman–Crippen MR) is 85.0 cm³/mol. The zero-order valence-electron chi connectivity index (χ0n) is 12.5. The number of hydrogen-bond acceptors (Lipinski definition) is 3. The molecule has 1 heterocycles. The molecule has 0 bridgehead atoms. The smallest absolute Gasteiger partial charge is 0.224 e. The van der Waals surface area contributed by atoms with Crippen molar-refractivity contribution in [1.29, 1.82) is 0 Å². The van der Waals surface area contributed by atoms with E-state index in [1.54, 1.807) is 0 Å². The SMILES string of the molecule is Cc1cc2c(c(C(O)COc3ccccc3)c1)NC(=O)CC2. The molecule has 0 radical (unpaired) electrons. The fraction of sp³-hybridized carbons (Fsp3) is 0.278. The van der Waals surface area contributed by atoms with Crippen molar-refractivity contribution in [3.63, 3.8) is 0 Å². The summed E-state index contributed by atoms with van der Waals surface area (Å²) < 4.78 is 5.62. The summed E-state index contributed by atoms with van der Waals surface area (Å²) in [6.07, 6.45) is 0.418. The van der Waals surface area contributed by atoms with Crippen LogP contribution in [0.3, 0.4) is 0 Å². The van der Waals surface area contributed by atoms with Gasteiger partial charge in [-0.1, -0.05) is 35.9 Å². The van der Waals surface area contributed by atoms with Crippen molar-refractivity contribution in [1.82, 2.24) is 0 Å². The number of aliphatic hydroxyl groups excluding tert-OH is 1. The van der Waals surface area contributed by atoms with Crippen LogP contribution in [0, 0.1) is 6.92 Å². The molecule has 0 aliphatic carbocycles. The summed E-state index contributed by atoms with van der Waals surface area (Å²) in [6.45, 7) is 2.14. The Bertz CT molecular complexity index is 682. The number of aliphatic hydroxyl groups is 1. The van der Waals surface area contributed by atoms with Gasteiger partial charge in [-0.25, -0.2) is 0 Å². The molecule has 22 heavy (non-hydrogen) atoms. The van der Waals surface area contributed by atoms with Gasteiger partial charge in [-0.2, -0.15) is 0 Å². The number of aryl methyl sites for hydroxylation is 2. The van der Waals surface area contributed by atoms with E-state index in [-0.39, 0.29) is 12.5 Å². The number of amides is 1. The van der Waals surface area contributed by atoms with Gasteiger partial charge in [0.05, 0.1) is 0 Å². The van der Waals surface area contributed by atoms with Gasteiger partial charge < -0.3 is 15.2 Å². The van der Waals surface area contributed by atoms with Crippen LogP contribution in [0.2, 0.25) is 0 Å². The van der Waals surface area contributed by atoms with Gasteiger partial charge in [-0.15, -0.1) is 0 Å². The second-order valence-corrected chi connectivity index (χ2v) is 5.58. The molecule has 1 unspecified atom stereocenters. The Morgan fingerprint density at radius 1 is 1.23 bits per heavy atom. The Labute approximate surface area is 129 Å². The summed E-state index contributed by atoms with van der Waals surface area (Å²) in [4.78, 5) is 11.6. The number of rotatable bonds is 4. The van der Waals surface area contributed by atoms with E-state index in [0.717, 1.165) is 22.4 Å². The first-order valence-electron chi connectivity index (χ1n) is 7.42. The quantitative estimate of drug-likeness (QED) is 0.912. The van der Waals surface area contributed by atoms with Crippen LogP contribution in [-0.2, 0) is 11.2 Å². The van der Waals surface area contributed by atoms with Crippen molar-refractivity contribution < 1.29 is 14.6 Å². The minimum Gasteiger partial charge on any atom is -0.491 e. The van der Waals surface area contributed by atoms with Crippen molar-refractivity contribution in [3.8, 4) is 5.75 Å². The highest BCUT2D eigenvalue weighted by Gasteiger charge is 2.22. The van der Waals surface area contributed by atoms with Crippen LogP contribution < -0.4 is 10.1 Å². The number of carbonyl (C=O) groups excluding carboxylic acids is 1. The van der Waals surface area contributed by atoms with Gasteiger partial charge in [0.1, 0.15) is 18.5 Å². The summed E-state index contributed by atoms with van der Waals surface area (Å²) >= 11 is 0. The fourth-order valence-electron chi connectivity index (χ4n) is 2.74. The molecule has 0 saturated heterocycles. The highest BCUT2D eigenvalue weighted by molar-refractivity contribution is 5.95. The summed E-state index contributed by atoms with van der Waals surface area (Å²) in [6, 6.07) is 13.3. The first-order chi connectivity index (χ1) is 10.6.